The second-order valence-corrected chi connectivity index (χ2v) is 9.61. The fourth-order valence-electron chi connectivity index (χ4n) is 4.58. The maximum absolute atomic E-state index is 12.2. The molecule has 0 aliphatic carbocycles. The van der Waals surface area contributed by atoms with E-state index in [1.54, 1.807) is 0 Å². The topological polar surface area (TPSA) is 121 Å². The number of aliphatic hydroxyl groups is 1. The molecule has 1 aromatic heterocycles. The van der Waals surface area contributed by atoms with Crippen LogP contribution in [0.5, 0.6) is 11.5 Å². The van der Waals surface area contributed by atoms with Crippen LogP contribution in [0.15, 0.2) is 66.7 Å². The van der Waals surface area contributed by atoms with Gasteiger partial charge in [-0.05, 0) is 79.2 Å². The molecule has 40 heavy (non-hydrogen) atoms. The zero-order chi connectivity index (χ0) is 28.6. The van der Waals surface area contributed by atoms with Gasteiger partial charge in [0, 0.05) is 28.2 Å². The molecule has 0 bridgehead atoms. The van der Waals surface area contributed by atoms with E-state index in [0.29, 0.717) is 18.0 Å². The number of hydrogen-bond acceptors (Lipinski definition) is 7. The maximum Gasteiger partial charge on any atom is 0.298 e. The van der Waals surface area contributed by atoms with E-state index in [4.69, 9.17) is 27.3 Å². The summed E-state index contributed by atoms with van der Waals surface area (Å²) >= 11 is 6.22. The van der Waals surface area contributed by atoms with Crippen LogP contribution in [0.3, 0.4) is 0 Å². The van der Waals surface area contributed by atoms with Crippen molar-refractivity contribution in [2.75, 3.05) is 33.4 Å². The Hall–Kier alpha value is -3.96. The number of fused-ring (bicyclic) bond motifs is 3. The summed E-state index contributed by atoms with van der Waals surface area (Å²) in [5, 5.41) is 11.7. The predicted octanol–water partition coefficient (Wildman–Crippen LogP) is 3.83. The third-order valence-electron chi connectivity index (χ3n) is 6.55. The Morgan fingerprint density at radius 1 is 1.18 bits per heavy atom. The lowest BCUT2D eigenvalue weighted by atomic mass is 9.93. The van der Waals surface area contributed by atoms with Gasteiger partial charge in [0.15, 0.2) is 6.61 Å². The first kappa shape index (κ1) is 29.0. The van der Waals surface area contributed by atoms with E-state index in [-0.39, 0.29) is 37.5 Å². The number of benzene rings is 3. The van der Waals surface area contributed by atoms with Gasteiger partial charge in [0.1, 0.15) is 17.3 Å². The largest absolute Gasteiger partial charge is 0.484 e. The predicted molar refractivity (Wildman–Crippen MR) is 150 cm³/mol. The molecule has 0 saturated carbocycles. The van der Waals surface area contributed by atoms with Crippen LogP contribution in [0, 0.1) is 5.82 Å². The van der Waals surface area contributed by atoms with E-state index >= 15 is 0 Å². The minimum absolute atomic E-state index is 0.0766. The van der Waals surface area contributed by atoms with E-state index in [0.717, 1.165) is 34.1 Å². The second-order valence-electron chi connectivity index (χ2n) is 9.18. The number of carbonyl (C=O) groups is 2. The zero-order valence-corrected chi connectivity index (χ0v) is 22.6. The van der Waals surface area contributed by atoms with E-state index in [1.807, 2.05) is 42.5 Å². The summed E-state index contributed by atoms with van der Waals surface area (Å²) in [5.41, 5.74) is 4.73. The lowest BCUT2D eigenvalue weighted by molar-refractivity contribution is -0.134. The Balaban J connectivity index is 0.000000312. The number of nitrogens with two attached hydrogens (primary N) is 1. The molecule has 1 unspecified atom stereocenters. The van der Waals surface area contributed by atoms with Crippen molar-refractivity contribution >= 4 is 34.9 Å². The molecule has 1 atom stereocenters. The summed E-state index contributed by atoms with van der Waals surface area (Å²) in [5.74, 6) is 5.74. The van der Waals surface area contributed by atoms with Crippen molar-refractivity contribution in [3.05, 3.63) is 94.4 Å². The highest BCUT2D eigenvalue weighted by Gasteiger charge is 2.29. The SMILES string of the molecule is CN1CCc2c([nH]c3ccc(Cl)cc23)C1c1ccc(OCC(=O)N(N)CCO)cc1.O=COc1ccc(F)cc1. The van der Waals surface area contributed by atoms with Crippen molar-refractivity contribution in [3.8, 4) is 11.5 Å². The summed E-state index contributed by atoms with van der Waals surface area (Å²) in [6.45, 7) is 0.960. The van der Waals surface area contributed by atoms with Crippen LogP contribution in [0.4, 0.5) is 4.39 Å². The van der Waals surface area contributed by atoms with E-state index < -0.39 is 0 Å². The highest BCUT2D eigenvalue weighted by Crippen LogP contribution is 2.38. The smallest absolute Gasteiger partial charge is 0.298 e. The number of nitrogens with zero attached hydrogens (tertiary/aromatic N) is 2. The quantitative estimate of drug-likeness (QED) is 0.128. The Bertz CT molecular complexity index is 1450. The fraction of sp³-hybridized carbons (Fsp3) is 0.241. The molecule has 4 N–H and O–H groups in total. The lowest BCUT2D eigenvalue weighted by Gasteiger charge is -2.33. The van der Waals surface area contributed by atoms with Gasteiger partial charge in [-0.1, -0.05) is 23.7 Å². The third-order valence-corrected chi connectivity index (χ3v) is 6.78. The van der Waals surface area contributed by atoms with Gasteiger partial charge >= 0.3 is 0 Å². The van der Waals surface area contributed by atoms with E-state index in [9.17, 15) is 14.0 Å². The summed E-state index contributed by atoms with van der Waals surface area (Å²) in [6.07, 6.45) is 0.968. The van der Waals surface area contributed by atoms with Gasteiger partial charge in [-0.25, -0.2) is 10.2 Å². The van der Waals surface area contributed by atoms with Crippen molar-refractivity contribution in [1.82, 2.24) is 14.9 Å². The van der Waals surface area contributed by atoms with Gasteiger partial charge in [0.05, 0.1) is 19.2 Å². The van der Waals surface area contributed by atoms with Crippen molar-refractivity contribution in [2.45, 2.75) is 12.5 Å². The zero-order valence-electron chi connectivity index (χ0n) is 21.8. The number of ether oxygens (including phenoxy) is 2. The molecule has 210 valence electrons. The Morgan fingerprint density at radius 2 is 1.88 bits per heavy atom. The molecule has 3 aromatic carbocycles. The number of carbonyl (C=O) groups excluding carboxylic acids is 2. The highest BCUT2D eigenvalue weighted by molar-refractivity contribution is 6.31. The average molecular weight is 569 g/mol. The standard InChI is InChI=1S/C22H25ClN4O3.C7H5FO2/c1-26-9-8-17-18-12-15(23)4-7-19(18)25-21(17)22(26)14-2-5-16(6-3-14)30-13-20(29)27(24)10-11-28;8-6-1-3-7(4-2-6)10-5-9/h2-7,12,22,25,28H,8-11,13,24H2,1H3;1-5H. The molecule has 1 aliphatic heterocycles. The maximum atomic E-state index is 12.2. The number of aromatic amines is 1. The van der Waals surface area contributed by atoms with Gasteiger partial charge in [0.2, 0.25) is 0 Å². The van der Waals surface area contributed by atoms with Crippen LogP contribution in [0.25, 0.3) is 10.9 Å². The van der Waals surface area contributed by atoms with Crippen LogP contribution in [-0.4, -0.2) is 65.7 Å². The molecule has 11 heteroatoms. The highest BCUT2D eigenvalue weighted by atomic mass is 35.5. The van der Waals surface area contributed by atoms with E-state index in [1.165, 1.54) is 40.9 Å². The van der Waals surface area contributed by atoms with Crippen molar-refractivity contribution < 1.29 is 28.6 Å². The Morgan fingerprint density at radius 3 is 2.55 bits per heavy atom. The molecule has 1 aliphatic rings. The summed E-state index contributed by atoms with van der Waals surface area (Å²) in [7, 11) is 2.12. The minimum Gasteiger partial charge on any atom is -0.484 e. The molecule has 0 spiro atoms. The lowest BCUT2D eigenvalue weighted by Crippen LogP contribution is -2.42. The number of hydrazine groups is 1. The number of aromatic nitrogens is 1. The summed E-state index contributed by atoms with van der Waals surface area (Å²) < 4.78 is 22.1. The Labute approximate surface area is 235 Å². The molecular formula is C29H30ClFN4O5. The van der Waals surface area contributed by atoms with Crippen LogP contribution < -0.4 is 15.3 Å². The molecule has 2 heterocycles. The molecule has 4 aromatic rings. The molecule has 1 amide bonds. The number of amides is 1. The molecule has 9 nitrogen and oxygen atoms in total. The number of aliphatic hydroxyl groups excluding tert-OH is 1. The van der Waals surface area contributed by atoms with Crippen molar-refractivity contribution in [2.24, 2.45) is 5.84 Å². The fourth-order valence-corrected chi connectivity index (χ4v) is 4.75. The summed E-state index contributed by atoms with van der Waals surface area (Å²) in [4.78, 5) is 27.5. The molecule has 0 saturated heterocycles. The molecule has 0 fully saturated rings. The van der Waals surface area contributed by atoms with Gasteiger partial charge in [0.25, 0.3) is 12.4 Å². The number of rotatable bonds is 8. The van der Waals surface area contributed by atoms with Gasteiger partial charge in [-0.15, -0.1) is 0 Å². The number of halogens is 2. The number of nitrogens with one attached hydrogen (secondary N) is 1. The number of hydrogen-bond donors (Lipinski definition) is 3. The first-order valence-electron chi connectivity index (χ1n) is 12.6. The normalized spacial score (nSPS) is 14.6. The van der Waals surface area contributed by atoms with Crippen LogP contribution in [0.2, 0.25) is 5.02 Å². The monoisotopic (exact) mass is 568 g/mol. The molecular weight excluding hydrogens is 539 g/mol. The van der Waals surface area contributed by atoms with Crippen LogP contribution in [0.1, 0.15) is 22.9 Å². The first-order chi connectivity index (χ1) is 19.3. The molecule has 0 radical (unpaired) electrons. The van der Waals surface area contributed by atoms with Crippen molar-refractivity contribution in [1.29, 1.82) is 0 Å². The third kappa shape index (κ3) is 6.97. The first-order valence-corrected chi connectivity index (χ1v) is 12.9. The second kappa shape index (κ2) is 13.4. The van der Waals surface area contributed by atoms with Gasteiger partial charge in [-0.2, -0.15) is 0 Å². The Kier molecular flexibility index (Phi) is 9.73. The minimum atomic E-state index is -0.387. The van der Waals surface area contributed by atoms with Crippen LogP contribution >= 0.6 is 11.6 Å². The van der Waals surface area contributed by atoms with E-state index in [2.05, 4.69) is 21.7 Å². The van der Waals surface area contributed by atoms with Crippen molar-refractivity contribution in [3.63, 3.8) is 0 Å². The number of H-pyrrole nitrogens is 1. The molecule has 5 rings (SSSR count). The number of likely N-dealkylation sites (N-methyl/N-ethyl adjacent to an activating group) is 1. The van der Waals surface area contributed by atoms with Crippen LogP contribution in [-0.2, 0) is 16.0 Å². The summed E-state index contributed by atoms with van der Waals surface area (Å²) in [6, 6.07) is 19.0. The van der Waals surface area contributed by atoms with Gasteiger partial charge < -0.3 is 19.6 Å². The average Bonchev–Trinajstić information content (AvgIpc) is 3.31. The van der Waals surface area contributed by atoms with Gasteiger partial charge in [-0.3, -0.25) is 19.5 Å².